The summed E-state index contributed by atoms with van der Waals surface area (Å²) in [4.78, 5) is 28.5. The van der Waals surface area contributed by atoms with E-state index in [0.717, 1.165) is 27.7 Å². The zero-order chi connectivity index (χ0) is 27.8. The second kappa shape index (κ2) is 10.3. The summed E-state index contributed by atoms with van der Waals surface area (Å²) in [5.74, 6) is -0.0567. The topological polar surface area (TPSA) is 84.8 Å². The first-order valence-corrected chi connectivity index (χ1v) is 13.4. The average Bonchev–Trinajstić information content (AvgIpc) is 3.45. The molecule has 0 aliphatic heterocycles. The molecule has 7 heteroatoms. The van der Waals surface area contributed by atoms with Crippen molar-refractivity contribution in [3.63, 3.8) is 0 Å². The molecule has 2 N–H and O–H groups in total. The molecule has 40 heavy (non-hydrogen) atoms. The quantitative estimate of drug-likeness (QED) is 0.266. The van der Waals surface area contributed by atoms with Crippen LogP contribution in [0.5, 0.6) is 5.75 Å². The van der Waals surface area contributed by atoms with Gasteiger partial charge in [0.05, 0.1) is 35.0 Å². The predicted molar refractivity (Wildman–Crippen MR) is 158 cm³/mol. The molecule has 0 spiro atoms. The molecule has 0 unspecified atom stereocenters. The van der Waals surface area contributed by atoms with Crippen molar-refractivity contribution in [2.75, 3.05) is 6.61 Å². The number of ether oxygens (including phenoxy) is 1. The molecular formula is C33H30N4O3. The van der Waals surface area contributed by atoms with Gasteiger partial charge < -0.3 is 4.74 Å². The Morgan fingerprint density at radius 1 is 0.650 bits per heavy atom. The van der Waals surface area contributed by atoms with Crippen LogP contribution >= 0.6 is 0 Å². The van der Waals surface area contributed by atoms with Crippen molar-refractivity contribution >= 4 is 10.8 Å². The van der Waals surface area contributed by atoms with Gasteiger partial charge in [-0.05, 0) is 61.9 Å². The lowest BCUT2D eigenvalue weighted by Gasteiger charge is -2.22. The minimum Gasteiger partial charge on any atom is -0.494 e. The molecule has 4 aromatic carbocycles. The van der Waals surface area contributed by atoms with Crippen molar-refractivity contribution < 1.29 is 4.74 Å². The van der Waals surface area contributed by atoms with Gasteiger partial charge in [0.25, 0.3) is 11.1 Å². The molecule has 0 saturated carbocycles. The molecule has 0 atom stereocenters. The number of hydrogen-bond donors (Lipinski definition) is 2. The Labute approximate surface area is 231 Å². The molecule has 0 fully saturated rings. The first-order valence-electron chi connectivity index (χ1n) is 13.4. The van der Waals surface area contributed by atoms with Crippen LogP contribution in [-0.2, 0) is 0 Å². The third-order valence-electron chi connectivity index (χ3n) is 7.36. The van der Waals surface area contributed by atoms with Crippen molar-refractivity contribution in [2.45, 2.75) is 26.7 Å². The number of nitrogens with one attached hydrogen (secondary N) is 2. The summed E-state index contributed by atoms with van der Waals surface area (Å²) in [6, 6.07) is 30.9. The van der Waals surface area contributed by atoms with Crippen LogP contribution in [0.25, 0.3) is 22.1 Å². The lowest BCUT2D eigenvalue weighted by molar-refractivity contribution is 0.336. The van der Waals surface area contributed by atoms with E-state index in [-0.39, 0.29) is 11.1 Å². The van der Waals surface area contributed by atoms with Crippen molar-refractivity contribution in [3.8, 4) is 17.1 Å². The molecule has 0 aliphatic rings. The third kappa shape index (κ3) is 4.16. The summed E-state index contributed by atoms with van der Waals surface area (Å²) >= 11 is 0. The Balaban J connectivity index is 1.72. The zero-order valence-electron chi connectivity index (χ0n) is 22.6. The molecule has 200 valence electrons. The van der Waals surface area contributed by atoms with E-state index in [1.807, 2.05) is 118 Å². The highest BCUT2D eigenvalue weighted by molar-refractivity contribution is 5.89. The number of aryl methyl sites for hydroxylation is 2. The SMILES string of the molecule is CCOc1ccc2ccccc2c1C(c1c(C)[nH]n(-c2ccccc2)c1=O)c1c(C)[nH]n(-c2ccccc2)c1=O. The maximum atomic E-state index is 14.3. The lowest BCUT2D eigenvalue weighted by atomic mass is 9.82. The molecule has 0 amide bonds. The smallest absolute Gasteiger partial charge is 0.275 e. The summed E-state index contributed by atoms with van der Waals surface area (Å²) in [5, 5.41) is 8.47. The first kappa shape index (κ1) is 25.2. The molecule has 0 aliphatic carbocycles. The normalized spacial score (nSPS) is 11.4. The Hall–Kier alpha value is -5.04. The van der Waals surface area contributed by atoms with Gasteiger partial charge in [0.1, 0.15) is 5.75 Å². The zero-order valence-corrected chi connectivity index (χ0v) is 22.6. The van der Waals surface area contributed by atoms with Gasteiger partial charge in [-0.25, -0.2) is 9.36 Å². The van der Waals surface area contributed by atoms with Crippen LogP contribution in [-0.4, -0.2) is 26.2 Å². The highest BCUT2D eigenvalue weighted by Gasteiger charge is 2.34. The van der Waals surface area contributed by atoms with Crippen molar-refractivity contribution in [3.05, 3.63) is 146 Å². The minimum atomic E-state index is -0.699. The monoisotopic (exact) mass is 530 g/mol. The second-order valence-electron chi connectivity index (χ2n) is 9.82. The maximum absolute atomic E-state index is 14.3. The molecule has 2 aromatic heterocycles. The van der Waals surface area contributed by atoms with Gasteiger partial charge in [-0.15, -0.1) is 0 Å². The van der Waals surface area contributed by atoms with E-state index in [0.29, 0.717) is 34.9 Å². The number of para-hydroxylation sites is 2. The van der Waals surface area contributed by atoms with E-state index in [2.05, 4.69) is 10.2 Å². The number of benzene rings is 4. The molecule has 0 radical (unpaired) electrons. The van der Waals surface area contributed by atoms with Crippen LogP contribution < -0.4 is 15.9 Å². The fourth-order valence-corrected chi connectivity index (χ4v) is 5.60. The Bertz CT molecular complexity index is 1830. The number of H-pyrrole nitrogens is 2. The molecular weight excluding hydrogens is 500 g/mol. The summed E-state index contributed by atoms with van der Waals surface area (Å²) in [5.41, 5.74) is 4.17. The summed E-state index contributed by atoms with van der Waals surface area (Å²) in [6.45, 7) is 6.14. The molecule has 7 nitrogen and oxygen atoms in total. The maximum Gasteiger partial charge on any atom is 0.275 e. The molecule has 6 rings (SSSR count). The van der Waals surface area contributed by atoms with Crippen LogP contribution in [0.3, 0.4) is 0 Å². The van der Waals surface area contributed by atoms with Crippen molar-refractivity contribution in [1.82, 2.24) is 19.6 Å². The number of rotatable bonds is 7. The number of fused-ring (bicyclic) bond motifs is 1. The van der Waals surface area contributed by atoms with Crippen molar-refractivity contribution in [1.29, 1.82) is 0 Å². The highest BCUT2D eigenvalue weighted by atomic mass is 16.5. The van der Waals surface area contributed by atoms with Crippen LogP contribution in [0, 0.1) is 13.8 Å². The summed E-state index contributed by atoms with van der Waals surface area (Å²) in [7, 11) is 0. The van der Waals surface area contributed by atoms with Gasteiger partial charge in [0, 0.05) is 17.0 Å². The molecule has 0 bridgehead atoms. The van der Waals surface area contributed by atoms with Gasteiger partial charge in [-0.3, -0.25) is 19.8 Å². The van der Waals surface area contributed by atoms with E-state index in [9.17, 15) is 9.59 Å². The largest absolute Gasteiger partial charge is 0.494 e. The lowest BCUT2D eigenvalue weighted by Crippen LogP contribution is -2.26. The summed E-state index contributed by atoms with van der Waals surface area (Å²) in [6.07, 6.45) is 0. The highest BCUT2D eigenvalue weighted by Crippen LogP contribution is 2.41. The van der Waals surface area contributed by atoms with Gasteiger partial charge in [0.2, 0.25) is 0 Å². The van der Waals surface area contributed by atoms with Crippen LogP contribution in [0.2, 0.25) is 0 Å². The minimum absolute atomic E-state index is 0.213. The molecule has 6 aromatic rings. The van der Waals surface area contributed by atoms with Gasteiger partial charge in [-0.2, -0.15) is 0 Å². The van der Waals surface area contributed by atoms with E-state index in [1.165, 1.54) is 0 Å². The molecule has 2 heterocycles. The number of nitrogens with zero attached hydrogens (tertiary/aromatic N) is 2. The van der Waals surface area contributed by atoms with Gasteiger partial charge >= 0.3 is 0 Å². The van der Waals surface area contributed by atoms with E-state index in [4.69, 9.17) is 4.74 Å². The number of aromatic amines is 2. The van der Waals surface area contributed by atoms with Gasteiger partial charge in [-0.1, -0.05) is 66.7 Å². The third-order valence-corrected chi connectivity index (χ3v) is 7.36. The Morgan fingerprint density at radius 3 is 1.68 bits per heavy atom. The van der Waals surface area contributed by atoms with Crippen LogP contribution in [0.15, 0.2) is 107 Å². The van der Waals surface area contributed by atoms with E-state index in [1.54, 1.807) is 9.36 Å². The van der Waals surface area contributed by atoms with E-state index >= 15 is 0 Å². The van der Waals surface area contributed by atoms with Crippen molar-refractivity contribution in [2.24, 2.45) is 0 Å². The molecule has 0 saturated heterocycles. The van der Waals surface area contributed by atoms with Crippen LogP contribution in [0.1, 0.15) is 40.9 Å². The first-order chi connectivity index (χ1) is 19.5. The van der Waals surface area contributed by atoms with Crippen LogP contribution in [0.4, 0.5) is 0 Å². The second-order valence-corrected chi connectivity index (χ2v) is 9.82. The Morgan fingerprint density at radius 2 is 1.15 bits per heavy atom. The average molecular weight is 531 g/mol. The fourth-order valence-electron chi connectivity index (χ4n) is 5.60. The fraction of sp³-hybridized carbons (Fsp3) is 0.152. The summed E-state index contributed by atoms with van der Waals surface area (Å²) < 4.78 is 9.26. The number of hydrogen-bond acceptors (Lipinski definition) is 3. The number of aromatic nitrogens is 4. The van der Waals surface area contributed by atoms with Gasteiger partial charge in [0.15, 0.2) is 0 Å². The standard InChI is InChI=1S/C33H30N4O3/c1-4-40-27-20-19-23-13-11-12-18-26(23)30(27)31(28-21(2)34-36(32(28)38)24-14-7-5-8-15-24)29-22(3)35-37(33(29)39)25-16-9-6-10-17-25/h5-20,31,34-35H,4H2,1-3H3. The predicted octanol–water partition coefficient (Wildman–Crippen LogP) is 5.99. The van der Waals surface area contributed by atoms with E-state index < -0.39 is 5.92 Å². The Kier molecular flexibility index (Phi) is 6.48.